The molecule has 3 aliphatic rings. The molecule has 1 aromatic rings. The van der Waals surface area contributed by atoms with Crippen molar-refractivity contribution in [3.63, 3.8) is 0 Å². The highest BCUT2D eigenvalue weighted by atomic mass is 16.7. The van der Waals surface area contributed by atoms with Crippen LogP contribution in [0, 0.1) is 0 Å². The number of aliphatic carboxylic acids is 1. The number of hydrogen-bond acceptors (Lipinski definition) is 10. The van der Waals surface area contributed by atoms with E-state index in [1.54, 1.807) is 0 Å². The van der Waals surface area contributed by atoms with Gasteiger partial charge in [-0.3, -0.25) is 4.79 Å². The van der Waals surface area contributed by atoms with Crippen molar-refractivity contribution in [1.29, 1.82) is 0 Å². The molecule has 2 heterocycles. The summed E-state index contributed by atoms with van der Waals surface area (Å²) in [5.74, 6) is -5.53. The summed E-state index contributed by atoms with van der Waals surface area (Å²) in [7, 11) is 0. The Morgan fingerprint density at radius 3 is 2.34 bits per heavy atom. The van der Waals surface area contributed by atoms with Crippen LogP contribution >= 0.6 is 0 Å². The number of aliphatic hydroxyl groups is 3. The summed E-state index contributed by atoms with van der Waals surface area (Å²) in [4.78, 5) is 24.2. The highest BCUT2D eigenvalue weighted by Crippen LogP contribution is 2.37. The summed E-state index contributed by atoms with van der Waals surface area (Å²) in [5.41, 5.74) is -2.18. The van der Waals surface area contributed by atoms with Crippen LogP contribution in [0.4, 0.5) is 0 Å². The Balaban J connectivity index is 1.89. The first kappa shape index (κ1) is 16.1. The SMILES string of the molecule is [2H]c1cc(-c2oc3c([2H])c(O[C@@H]4O[C@H](C(=O)O)[C@@H](O)[C@H](O)[C@H]4O)c([2H])c(=O)c-3c(O)c2[2H])cc([2H])c1O. The lowest BCUT2D eigenvalue weighted by Crippen LogP contribution is -2.61. The van der Waals surface area contributed by atoms with Crippen LogP contribution < -0.4 is 10.2 Å². The van der Waals surface area contributed by atoms with Gasteiger partial charge in [-0.15, -0.1) is 0 Å². The molecule has 0 amide bonds. The molecule has 0 bridgehead atoms. The highest BCUT2D eigenvalue weighted by Gasteiger charge is 2.48. The third kappa shape index (κ3) is 3.85. The van der Waals surface area contributed by atoms with Gasteiger partial charge >= 0.3 is 5.97 Å². The Bertz CT molecular complexity index is 1420. The Kier molecular flexibility index (Phi) is 4.08. The maximum absolute atomic E-state index is 12.9. The highest BCUT2D eigenvalue weighted by molar-refractivity contribution is 5.74. The molecule has 0 aromatic heterocycles. The predicted molar refractivity (Wildman–Crippen MR) is 105 cm³/mol. The minimum absolute atomic E-state index is 0.147. The van der Waals surface area contributed by atoms with E-state index in [0.717, 1.165) is 12.1 Å². The fourth-order valence-electron chi connectivity index (χ4n) is 3.02. The van der Waals surface area contributed by atoms with E-state index in [0.29, 0.717) is 0 Å². The smallest absolute Gasteiger partial charge is 0.335 e. The maximum Gasteiger partial charge on any atom is 0.335 e. The molecule has 1 saturated heterocycles. The fraction of sp³-hybridized carbons (Fsp3) is 0.238. The van der Waals surface area contributed by atoms with Crippen molar-refractivity contribution in [2.24, 2.45) is 0 Å². The molecule has 0 spiro atoms. The second-order valence-electron chi connectivity index (χ2n) is 6.75. The number of aromatic hydroxyl groups is 2. The van der Waals surface area contributed by atoms with Crippen molar-refractivity contribution in [2.75, 3.05) is 0 Å². The lowest BCUT2D eigenvalue weighted by atomic mass is 9.99. The molecule has 0 saturated carbocycles. The molecule has 0 radical (unpaired) electrons. The van der Waals surface area contributed by atoms with E-state index in [1.165, 1.54) is 0 Å². The first-order valence-electron chi connectivity index (χ1n) is 11.4. The number of carbonyl (C=O) groups is 1. The van der Waals surface area contributed by atoms with Crippen LogP contribution in [-0.2, 0) is 9.53 Å². The minimum Gasteiger partial charge on any atom is -0.508 e. The zero-order valence-corrected chi connectivity index (χ0v) is 15.8. The van der Waals surface area contributed by atoms with E-state index in [9.17, 15) is 40.2 Å². The monoisotopic (exact) mass is 451 g/mol. The predicted octanol–water partition coefficient (Wildman–Crippen LogP) is 0.0938. The second kappa shape index (κ2) is 8.13. The van der Waals surface area contributed by atoms with Crippen LogP contribution in [0.3, 0.4) is 0 Å². The van der Waals surface area contributed by atoms with Crippen LogP contribution in [0.15, 0.2) is 51.6 Å². The van der Waals surface area contributed by atoms with Gasteiger partial charge in [0.05, 0.1) is 6.85 Å². The van der Waals surface area contributed by atoms with Crippen LogP contribution in [0.2, 0.25) is 0 Å². The largest absolute Gasteiger partial charge is 0.508 e. The number of ether oxygens (including phenoxy) is 2. The Morgan fingerprint density at radius 2 is 1.69 bits per heavy atom. The number of rotatable bonds is 4. The minimum atomic E-state index is -2.07. The number of aliphatic hydroxyl groups excluding tert-OH is 3. The third-order valence-corrected chi connectivity index (χ3v) is 4.62. The van der Waals surface area contributed by atoms with Gasteiger partial charge in [-0.2, -0.15) is 0 Å². The number of fused-ring (bicyclic) bond motifs is 1. The van der Waals surface area contributed by atoms with Crippen LogP contribution in [0.5, 0.6) is 17.2 Å². The van der Waals surface area contributed by atoms with E-state index in [-0.39, 0.29) is 5.56 Å². The fourth-order valence-corrected chi connectivity index (χ4v) is 3.02. The zero-order chi connectivity index (χ0) is 27.5. The number of phenols is 1. The molecule has 5 atom stereocenters. The molecule has 1 aromatic carbocycles. The average molecular weight is 451 g/mol. The number of benzene rings is 2. The van der Waals surface area contributed by atoms with Crippen molar-refractivity contribution in [2.45, 2.75) is 30.7 Å². The zero-order valence-electron chi connectivity index (χ0n) is 20.8. The van der Waals surface area contributed by atoms with Crippen LogP contribution in [0.1, 0.15) is 6.85 Å². The van der Waals surface area contributed by atoms with Crippen molar-refractivity contribution in [3.05, 3.63) is 52.6 Å². The van der Waals surface area contributed by atoms with Gasteiger partial charge in [-0.1, -0.05) is 0 Å². The molecule has 11 heteroatoms. The van der Waals surface area contributed by atoms with Crippen molar-refractivity contribution in [1.82, 2.24) is 0 Å². The summed E-state index contributed by atoms with van der Waals surface area (Å²) in [6, 6.07) is -1.77. The van der Waals surface area contributed by atoms with Gasteiger partial charge in [0.15, 0.2) is 11.5 Å². The standard InChI is InChI=1S/C21H18O11/c22-9-3-1-8(2-4-9)13-7-12(24)15-11(23)5-10(6-14(15)31-13)30-21-18(27)16(25)17(26)19(32-21)20(28)29/h1-7,16-19,21-22,24-27H,(H,28,29)/t16-,17-,18+,19-,21+/m0/s1/i3D,4D,5D,6D,7D. The number of carboxylic acid groups (broad SMARTS) is 1. The van der Waals surface area contributed by atoms with E-state index in [2.05, 4.69) is 0 Å². The van der Waals surface area contributed by atoms with E-state index >= 15 is 0 Å². The maximum atomic E-state index is 12.9. The lowest BCUT2D eigenvalue weighted by molar-refractivity contribution is -0.271. The molecule has 2 aliphatic heterocycles. The molecular weight excluding hydrogens is 428 g/mol. The Hall–Kier alpha value is -3.64. The van der Waals surface area contributed by atoms with Gasteiger partial charge in [-0.05, 0) is 24.2 Å². The van der Waals surface area contributed by atoms with Gasteiger partial charge in [-0.25, -0.2) is 4.79 Å². The Labute approximate surface area is 186 Å². The van der Waals surface area contributed by atoms with Crippen molar-refractivity contribution in [3.8, 4) is 39.9 Å². The van der Waals surface area contributed by atoms with E-state index in [1.807, 2.05) is 0 Å². The lowest BCUT2D eigenvalue weighted by Gasteiger charge is -2.38. The van der Waals surface area contributed by atoms with E-state index in [4.69, 9.17) is 20.7 Å². The summed E-state index contributed by atoms with van der Waals surface area (Å²) in [6.45, 7) is 0. The summed E-state index contributed by atoms with van der Waals surface area (Å²) < 4.78 is 55.8. The van der Waals surface area contributed by atoms with Gasteiger partial charge in [0.25, 0.3) is 0 Å². The van der Waals surface area contributed by atoms with E-state index < -0.39 is 107 Å². The molecule has 168 valence electrons. The van der Waals surface area contributed by atoms with Crippen molar-refractivity contribution >= 4 is 5.97 Å². The molecule has 1 fully saturated rings. The van der Waals surface area contributed by atoms with Gasteiger partial charge in [0.1, 0.15) is 52.6 Å². The molecule has 32 heavy (non-hydrogen) atoms. The van der Waals surface area contributed by atoms with Gasteiger partial charge in [0.2, 0.25) is 6.29 Å². The third-order valence-electron chi connectivity index (χ3n) is 4.62. The number of hydrogen-bond donors (Lipinski definition) is 6. The quantitative estimate of drug-likeness (QED) is 0.316. The molecule has 4 rings (SSSR count). The molecular formula is C21H18O11. The molecule has 1 aliphatic carbocycles. The first-order chi connectivity index (χ1) is 17.3. The number of phenolic OH excluding ortho intramolecular Hbond substituents is 1. The van der Waals surface area contributed by atoms with Gasteiger partial charge < -0.3 is 44.5 Å². The molecule has 0 unspecified atom stereocenters. The topological polar surface area (TPSA) is 187 Å². The molecule has 6 N–H and O–H groups in total. The first-order valence-corrected chi connectivity index (χ1v) is 8.95. The van der Waals surface area contributed by atoms with Gasteiger partial charge in [0, 0.05) is 23.7 Å². The number of carboxylic acids is 1. The summed E-state index contributed by atoms with van der Waals surface area (Å²) in [6.07, 6.45) is -10.3. The average Bonchev–Trinajstić information content (AvgIpc) is 2.84. The van der Waals surface area contributed by atoms with Crippen molar-refractivity contribution < 1.29 is 56.2 Å². The summed E-state index contributed by atoms with van der Waals surface area (Å²) >= 11 is 0. The Morgan fingerprint density at radius 1 is 1.00 bits per heavy atom. The van der Waals surface area contributed by atoms with Crippen LogP contribution in [0.25, 0.3) is 22.6 Å². The second-order valence-corrected chi connectivity index (χ2v) is 6.75. The van der Waals surface area contributed by atoms with Crippen LogP contribution in [-0.4, -0.2) is 67.3 Å². The summed E-state index contributed by atoms with van der Waals surface area (Å²) in [5, 5.41) is 59.4. The normalized spacial score (nSPS) is 27.7. The molecule has 11 nitrogen and oxygen atoms in total.